The van der Waals surface area contributed by atoms with E-state index in [2.05, 4.69) is 4.74 Å². The van der Waals surface area contributed by atoms with Gasteiger partial charge in [-0.1, -0.05) is 18.2 Å². The molecule has 1 saturated heterocycles. The molecule has 6 nitrogen and oxygen atoms in total. The number of rotatable bonds is 4. The lowest BCUT2D eigenvalue weighted by atomic mass is 9.99. The zero-order valence-corrected chi connectivity index (χ0v) is 18.1. The summed E-state index contributed by atoms with van der Waals surface area (Å²) in [6.45, 7) is 7.08. The zero-order valence-electron chi connectivity index (χ0n) is 18.1. The van der Waals surface area contributed by atoms with Crippen LogP contribution in [0, 0.1) is 0 Å². The molecule has 2 aromatic rings. The highest BCUT2D eigenvalue weighted by Crippen LogP contribution is 2.39. The number of benzene rings is 2. The van der Waals surface area contributed by atoms with Gasteiger partial charge in [0.15, 0.2) is 0 Å². The molecule has 0 aromatic heterocycles. The minimum absolute atomic E-state index is 0.220. The monoisotopic (exact) mass is 450 g/mol. The molecule has 0 spiro atoms. The number of para-hydroxylation sites is 1. The molecule has 0 aliphatic carbocycles. The van der Waals surface area contributed by atoms with Gasteiger partial charge in [-0.15, -0.1) is 13.2 Å². The molecule has 0 saturated carbocycles. The van der Waals surface area contributed by atoms with Gasteiger partial charge in [-0.05, 0) is 45.0 Å². The normalized spacial score (nSPS) is 14.8. The Balaban J connectivity index is 1.89. The molecule has 9 heteroatoms. The van der Waals surface area contributed by atoms with Crippen molar-refractivity contribution in [2.75, 3.05) is 31.1 Å². The number of halogens is 3. The van der Waals surface area contributed by atoms with Crippen LogP contribution in [-0.4, -0.2) is 55.4 Å². The number of anilines is 1. The van der Waals surface area contributed by atoms with Crippen LogP contribution < -0.4 is 9.64 Å². The van der Waals surface area contributed by atoms with Crippen LogP contribution in [0.3, 0.4) is 0 Å². The second-order valence-electron chi connectivity index (χ2n) is 8.39. The Morgan fingerprint density at radius 2 is 1.62 bits per heavy atom. The molecule has 1 aliphatic rings. The molecule has 0 unspecified atom stereocenters. The first-order chi connectivity index (χ1) is 15.0. The number of amides is 1. The SMILES string of the molecule is CC(C)(C)OC(=O)N1CCN(c2ccc(C=O)cc2-c2ccccc2OC(F)(F)F)CC1. The standard InChI is InChI=1S/C23H25F3N2O4/c1-22(2,3)32-21(30)28-12-10-27(11-13-28)19-9-8-16(15-29)14-18(19)17-6-4-5-7-20(17)31-23(24,25)26/h4-9,14-15H,10-13H2,1-3H3. The van der Waals surface area contributed by atoms with Crippen LogP contribution in [0.2, 0.25) is 0 Å². The second kappa shape index (κ2) is 9.10. The average Bonchev–Trinajstić information content (AvgIpc) is 2.71. The first-order valence-electron chi connectivity index (χ1n) is 10.1. The number of piperazine rings is 1. The number of nitrogens with zero attached hydrogens (tertiary/aromatic N) is 2. The Bertz CT molecular complexity index is 978. The lowest BCUT2D eigenvalue weighted by Crippen LogP contribution is -2.50. The number of ether oxygens (including phenoxy) is 2. The first kappa shape index (κ1) is 23.4. The van der Waals surface area contributed by atoms with E-state index in [-0.39, 0.29) is 11.3 Å². The van der Waals surface area contributed by atoms with Crippen LogP contribution in [0.25, 0.3) is 11.1 Å². The predicted molar refractivity (Wildman–Crippen MR) is 114 cm³/mol. The number of hydrogen-bond acceptors (Lipinski definition) is 5. The Labute approximate surface area is 184 Å². The predicted octanol–water partition coefficient (Wildman–Crippen LogP) is 5.12. The van der Waals surface area contributed by atoms with E-state index in [0.29, 0.717) is 49.3 Å². The number of carbonyl (C=O) groups excluding carboxylic acids is 2. The van der Waals surface area contributed by atoms with Crippen molar-refractivity contribution in [2.45, 2.75) is 32.7 Å². The van der Waals surface area contributed by atoms with Crippen LogP contribution >= 0.6 is 0 Å². The van der Waals surface area contributed by atoms with Crippen LogP contribution in [0.5, 0.6) is 5.75 Å². The molecule has 32 heavy (non-hydrogen) atoms. The van der Waals surface area contributed by atoms with Crippen molar-refractivity contribution in [2.24, 2.45) is 0 Å². The highest BCUT2D eigenvalue weighted by Gasteiger charge is 2.33. The Morgan fingerprint density at radius 1 is 0.969 bits per heavy atom. The summed E-state index contributed by atoms with van der Waals surface area (Å²) in [7, 11) is 0. The summed E-state index contributed by atoms with van der Waals surface area (Å²) < 4.78 is 48.4. The highest BCUT2D eigenvalue weighted by atomic mass is 19.4. The van der Waals surface area contributed by atoms with Gasteiger partial charge >= 0.3 is 12.5 Å². The number of carbonyl (C=O) groups is 2. The summed E-state index contributed by atoms with van der Waals surface area (Å²) in [5.74, 6) is -0.350. The number of alkyl halides is 3. The van der Waals surface area contributed by atoms with Crippen molar-refractivity contribution in [3.63, 3.8) is 0 Å². The Morgan fingerprint density at radius 3 is 2.22 bits per heavy atom. The third-order valence-electron chi connectivity index (χ3n) is 4.83. The Hall–Kier alpha value is -3.23. The largest absolute Gasteiger partial charge is 0.573 e. The fraction of sp³-hybridized carbons (Fsp3) is 0.391. The van der Waals surface area contributed by atoms with E-state index in [0.717, 1.165) is 0 Å². The molecule has 1 aliphatic heterocycles. The molecule has 1 amide bonds. The summed E-state index contributed by atoms with van der Waals surface area (Å²) in [5, 5.41) is 0. The maximum absolute atomic E-state index is 12.9. The minimum atomic E-state index is -4.85. The number of hydrogen-bond donors (Lipinski definition) is 0. The topological polar surface area (TPSA) is 59.1 Å². The Kier molecular flexibility index (Phi) is 6.66. The van der Waals surface area contributed by atoms with Crippen LogP contribution in [0.4, 0.5) is 23.7 Å². The van der Waals surface area contributed by atoms with Crippen molar-refractivity contribution in [1.82, 2.24) is 4.90 Å². The molecule has 0 N–H and O–H groups in total. The third-order valence-corrected chi connectivity index (χ3v) is 4.83. The van der Waals surface area contributed by atoms with E-state index in [4.69, 9.17) is 4.74 Å². The molecule has 0 bridgehead atoms. The molecular weight excluding hydrogens is 425 g/mol. The van der Waals surface area contributed by atoms with E-state index in [1.54, 1.807) is 49.9 Å². The third kappa shape index (κ3) is 5.93. The van der Waals surface area contributed by atoms with Gasteiger partial charge in [-0.3, -0.25) is 4.79 Å². The van der Waals surface area contributed by atoms with E-state index in [1.165, 1.54) is 18.2 Å². The van der Waals surface area contributed by atoms with Crippen molar-refractivity contribution in [3.8, 4) is 16.9 Å². The van der Waals surface area contributed by atoms with E-state index >= 15 is 0 Å². The molecule has 172 valence electrons. The molecule has 0 atom stereocenters. The van der Waals surface area contributed by atoms with Gasteiger partial charge in [0, 0.05) is 48.6 Å². The maximum atomic E-state index is 12.9. The average molecular weight is 450 g/mol. The van der Waals surface area contributed by atoms with Gasteiger partial charge in [0.1, 0.15) is 17.6 Å². The van der Waals surface area contributed by atoms with Crippen molar-refractivity contribution in [1.29, 1.82) is 0 Å². The summed E-state index contributed by atoms with van der Waals surface area (Å²) in [6, 6.07) is 10.7. The smallest absolute Gasteiger partial charge is 0.444 e. The maximum Gasteiger partial charge on any atom is 0.573 e. The fourth-order valence-electron chi connectivity index (χ4n) is 3.48. The molecule has 1 heterocycles. The zero-order chi connectivity index (χ0) is 23.5. The van der Waals surface area contributed by atoms with Crippen LogP contribution in [-0.2, 0) is 4.74 Å². The molecule has 1 fully saturated rings. The molecular formula is C23H25F3N2O4. The summed E-state index contributed by atoms with van der Waals surface area (Å²) in [4.78, 5) is 27.2. The van der Waals surface area contributed by atoms with Gasteiger partial charge in [0.2, 0.25) is 0 Å². The second-order valence-corrected chi connectivity index (χ2v) is 8.39. The van der Waals surface area contributed by atoms with Gasteiger partial charge < -0.3 is 19.3 Å². The first-order valence-corrected chi connectivity index (χ1v) is 10.1. The van der Waals surface area contributed by atoms with Crippen LogP contribution in [0.15, 0.2) is 42.5 Å². The summed E-state index contributed by atoms with van der Waals surface area (Å²) >= 11 is 0. The lowest BCUT2D eigenvalue weighted by molar-refractivity contribution is -0.274. The fourth-order valence-corrected chi connectivity index (χ4v) is 3.48. The van der Waals surface area contributed by atoms with E-state index in [1.807, 2.05) is 4.90 Å². The van der Waals surface area contributed by atoms with Crippen molar-refractivity contribution in [3.05, 3.63) is 48.0 Å². The highest BCUT2D eigenvalue weighted by molar-refractivity contribution is 5.88. The lowest BCUT2D eigenvalue weighted by Gasteiger charge is -2.37. The minimum Gasteiger partial charge on any atom is -0.444 e. The summed E-state index contributed by atoms with van der Waals surface area (Å²) in [5.41, 5.74) is 1.04. The van der Waals surface area contributed by atoms with Gasteiger partial charge in [0.25, 0.3) is 0 Å². The molecule has 3 rings (SSSR count). The van der Waals surface area contributed by atoms with Gasteiger partial charge in [-0.25, -0.2) is 4.79 Å². The molecule has 2 aromatic carbocycles. The number of aldehydes is 1. The quantitative estimate of drug-likeness (QED) is 0.605. The van der Waals surface area contributed by atoms with Gasteiger partial charge in [0.05, 0.1) is 0 Å². The van der Waals surface area contributed by atoms with Gasteiger partial charge in [-0.2, -0.15) is 0 Å². The summed E-state index contributed by atoms with van der Waals surface area (Å²) in [6.07, 6.45) is -4.61. The van der Waals surface area contributed by atoms with Crippen molar-refractivity contribution < 1.29 is 32.2 Å². The van der Waals surface area contributed by atoms with E-state index in [9.17, 15) is 22.8 Å². The molecule has 0 radical (unpaired) electrons. The van der Waals surface area contributed by atoms with Crippen LogP contribution in [0.1, 0.15) is 31.1 Å². The van der Waals surface area contributed by atoms with Crippen molar-refractivity contribution >= 4 is 18.1 Å². The van der Waals surface area contributed by atoms with E-state index < -0.39 is 18.1 Å².